The van der Waals surface area contributed by atoms with Crippen LogP contribution in [0.15, 0.2) is 60.8 Å². The average Bonchev–Trinajstić information content (AvgIpc) is 3.35. The first-order valence-electron chi connectivity index (χ1n) is 8.20. The standard InChI is InChI=1S/C19H15N5O/c25-15-8-4-7-14(11-15)19(9-10-19)17-21-22-18-20-12-16(23-24(17)18)13-5-2-1-3-6-13/h1-8,11-12,25H,9-10H2. The second-order valence-corrected chi connectivity index (χ2v) is 6.38. The van der Waals surface area contributed by atoms with Gasteiger partial charge in [-0.15, -0.1) is 10.2 Å². The Hall–Kier alpha value is -3.28. The predicted molar refractivity (Wildman–Crippen MR) is 92.1 cm³/mol. The molecule has 25 heavy (non-hydrogen) atoms. The number of phenolic OH excluding ortho intramolecular Hbond substituents is 1. The zero-order valence-electron chi connectivity index (χ0n) is 13.4. The molecule has 0 amide bonds. The molecule has 2 heterocycles. The summed E-state index contributed by atoms with van der Waals surface area (Å²) >= 11 is 0. The Bertz CT molecular complexity index is 1070. The van der Waals surface area contributed by atoms with E-state index < -0.39 is 0 Å². The smallest absolute Gasteiger partial charge is 0.271 e. The lowest BCUT2D eigenvalue weighted by Crippen LogP contribution is -2.15. The maximum Gasteiger partial charge on any atom is 0.271 e. The molecule has 0 spiro atoms. The van der Waals surface area contributed by atoms with Crippen molar-refractivity contribution in [3.8, 4) is 17.0 Å². The highest BCUT2D eigenvalue weighted by Crippen LogP contribution is 2.53. The van der Waals surface area contributed by atoms with Crippen molar-refractivity contribution in [1.29, 1.82) is 0 Å². The van der Waals surface area contributed by atoms with E-state index in [1.165, 1.54) is 0 Å². The molecule has 6 nitrogen and oxygen atoms in total. The number of phenols is 1. The van der Waals surface area contributed by atoms with Crippen LogP contribution in [0.3, 0.4) is 0 Å². The topological polar surface area (TPSA) is 76.2 Å². The number of hydrogen-bond donors (Lipinski definition) is 1. The Balaban J connectivity index is 1.67. The van der Waals surface area contributed by atoms with Gasteiger partial charge in [-0.3, -0.25) is 0 Å². The molecule has 0 saturated heterocycles. The van der Waals surface area contributed by atoms with Crippen molar-refractivity contribution in [2.45, 2.75) is 18.3 Å². The summed E-state index contributed by atoms with van der Waals surface area (Å²) < 4.78 is 1.74. The monoisotopic (exact) mass is 329 g/mol. The molecule has 4 aromatic rings. The summed E-state index contributed by atoms with van der Waals surface area (Å²) in [6.07, 6.45) is 3.63. The molecule has 122 valence electrons. The maximum absolute atomic E-state index is 9.84. The normalized spacial score (nSPS) is 15.4. The third-order valence-electron chi connectivity index (χ3n) is 4.78. The second-order valence-electron chi connectivity index (χ2n) is 6.38. The van der Waals surface area contributed by atoms with Crippen LogP contribution in [0.5, 0.6) is 5.75 Å². The molecule has 0 bridgehead atoms. The number of fused-ring (bicyclic) bond motifs is 1. The summed E-state index contributed by atoms with van der Waals surface area (Å²) in [6, 6.07) is 17.3. The lowest BCUT2D eigenvalue weighted by atomic mass is 9.95. The molecule has 1 fully saturated rings. The van der Waals surface area contributed by atoms with Gasteiger partial charge in [-0.25, -0.2) is 4.98 Å². The van der Waals surface area contributed by atoms with Gasteiger partial charge >= 0.3 is 0 Å². The molecule has 6 heteroatoms. The third-order valence-corrected chi connectivity index (χ3v) is 4.78. The summed E-state index contributed by atoms with van der Waals surface area (Å²) in [5.74, 6) is 1.52. The number of rotatable bonds is 3. The fourth-order valence-corrected chi connectivity index (χ4v) is 3.31. The molecule has 0 aliphatic heterocycles. The molecule has 2 aromatic carbocycles. The molecule has 1 saturated carbocycles. The molecule has 1 aliphatic rings. The van der Waals surface area contributed by atoms with Gasteiger partial charge in [-0.05, 0) is 30.5 Å². The average molecular weight is 329 g/mol. The van der Waals surface area contributed by atoms with Crippen LogP contribution in [0.2, 0.25) is 0 Å². The van der Waals surface area contributed by atoms with E-state index in [0.29, 0.717) is 5.78 Å². The second kappa shape index (κ2) is 5.11. The highest BCUT2D eigenvalue weighted by Gasteiger charge is 2.50. The van der Waals surface area contributed by atoms with Crippen LogP contribution in [0.1, 0.15) is 24.2 Å². The van der Waals surface area contributed by atoms with Crippen LogP contribution >= 0.6 is 0 Å². The summed E-state index contributed by atoms with van der Waals surface area (Å²) in [5.41, 5.74) is 2.57. The molecular weight excluding hydrogens is 314 g/mol. The van der Waals surface area contributed by atoms with E-state index >= 15 is 0 Å². The van der Waals surface area contributed by atoms with Crippen LogP contribution in [-0.2, 0) is 5.41 Å². The Labute approximate surface area is 143 Å². The Morgan fingerprint density at radius 3 is 2.56 bits per heavy atom. The minimum atomic E-state index is -0.248. The van der Waals surface area contributed by atoms with Gasteiger partial charge in [0.05, 0.1) is 11.6 Å². The highest BCUT2D eigenvalue weighted by molar-refractivity contribution is 5.58. The van der Waals surface area contributed by atoms with Gasteiger partial charge in [0.25, 0.3) is 5.78 Å². The molecule has 2 aromatic heterocycles. The van der Waals surface area contributed by atoms with Gasteiger partial charge < -0.3 is 5.11 Å². The third kappa shape index (κ3) is 2.18. The van der Waals surface area contributed by atoms with Gasteiger partial charge in [-0.2, -0.15) is 9.61 Å². The van der Waals surface area contributed by atoms with Crippen molar-refractivity contribution in [3.63, 3.8) is 0 Å². The summed E-state index contributed by atoms with van der Waals surface area (Å²) in [4.78, 5) is 4.41. The fraction of sp³-hybridized carbons (Fsp3) is 0.158. The predicted octanol–water partition coefficient (Wildman–Crippen LogP) is 2.97. The largest absolute Gasteiger partial charge is 0.508 e. The Morgan fingerprint density at radius 2 is 1.80 bits per heavy atom. The molecule has 5 rings (SSSR count). The quantitative estimate of drug-likeness (QED) is 0.625. The lowest BCUT2D eigenvalue weighted by molar-refractivity contribution is 0.473. The van der Waals surface area contributed by atoms with E-state index in [1.807, 2.05) is 42.5 Å². The Morgan fingerprint density at radius 1 is 0.960 bits per heavy atom. The van der Waals surface area contributed by atoms with Crippen LogP contribution in [0.25, 0.3) is 17.0 Å². The van der Waals surface area contributed by atoms with Crippen LogP contribution in [0, 0.1) is 0 Å². The van der Waals surface area contributed by atoms with E-state index in [-0.39, 0.29) is 11.2 Å². The minimum absolute atomic E-state index is 0.248. The SMILES string of the molecule is Oc1cccc(C2(c3nnc4ncc(-c5ccccc5)nn34)CC2)c1. The van der Waals surface area contributed by atoms with E-state index in [2.05, 4.69) is 15.2 Å². The van der Waals surface area contributed by atoms with E-state index in [9.17, 15) is 5.11 Å². The number of hydrogen-bond acceptors (Lipinski definition) is 5. The van der Waals surface area contributed by atoms with Crippen LogP contribution < -0.4 is 0 Å². The molecule has 1 aliphatic carbocycles. The summed E-state index contributed by atoms with van der Waals surface area (Å²) in [5, 5.41) is 23.1. The van der Waals surface area contributed by atoms with Gasteiger partial charge in [0.2, 0.25) is 0 Å². The van der Waals surface area contributed by atoms with E-state index in [1.54, 1.807) is 22.8 Å². The fourth-order valence-electron chi connectivity index (χ4n) is 3.31. The Kier molecular flexibility index (Phi) is 2.88. The maximum atomic E-state index is 9.84. The van der Waals surface area contributed by atoms with Crippen molar-refractivity contribution in [3.05, 3.63) is 72.2 Å². The number of aromatic nitrogens is 5. The van der Waals surface area contributed by atoms with Crippen LogP contribution in [0.4, 0.5) is 0 Å². The zero-order valence-corrected chi connectivity index (χ0v) is 13.4. The van der Waals surface area contributed by atoms with Gasteiger partial charge in [0.15, 0.2) is 5.82 Å². The van der Waals surface area contributed by atoms with E-state index in [0.717, 1.165) is 35.5 Å². The molecule has 1 N–H and O–H groups in total. The molecule has 0 unspecified atom stereocenters. The van der Waals surface area contributed by atoms with Crippen molar-refractivity contribution in [2.24, 2.45) is 0 Å². The van der Waals surface area contributed by atoms with Crippen molar-refractivity contribution >= 4 is 5.78 Å². The van der Waals surface area contributed by atoms with Gasteiger partial charge in [-0.1, -0.05) is 42.5 Å². The van der Waals surface area contributed by atoms with E-state index in [4.69, 9.17) is 5.10 Å². The number of nitrogens with zero attached hydrogens (tertiary/aromatic N) is 5. The van der Waals surface area contributed by atoms with Gasteiger partial charge in [0, 0.05) is 5.56 Å². The summed E-state index contributed by atoms with van der Waals surface area (Å²) in [6.45, 7) is 0. The lowest BCUT2D eigenvalue weighted by Gasteiger charge is -2.13. The highest BCUT2D eigenvalue weighted by atomic mass is 16.3. The van der Waals surface area contributed by atoms with Gasteiger partial charge in [0.1, 0.15) is 11.4 Å². The molecular formula is C19H15N5O. The van der Waals surface area contributed by atoms with Crippen molar-refractivity contribution in [2.75, 3.05) is 0 Å². The number of benzene rings is 2. The minimum Gasteiger partial charge on any atom is -0.508 e. The first-order chi connectivity index (χ1) is 12.3. The first-order valence-corrected chi connectivity index (χ1v) is 8.20. The summed E-state index contributed by atoms with van der Waals surface area (Å²) in [7, 11) is 0. The molecule has 0 radical (unpaired) electrons. The molecule has 0 atom stereocenters. The van der Waals surface area contributed by atoms with Crippen molar-refractivity contribution < 1.29 is 5.11 Å². The number of aromatic hydroxyl groups is 1. The van der Waals surface area contributed by atoms with Crippen molar-refractivity contribution in [1.82, 2.24) is 24.8 Å². The zero-order chi connectivity index (χ0) is 16.9. The first kappa shape index (κ1) is 14.1. The van der Waals surface area contributed by atoms with Crippen LogP contribution in [-0.4, -0.2) is 29.9 Å².